The van der Waals surface area contributed by atoms with Gasteiger partial charge in [0.25, 0.3) is 0 Å². The number of nitrogens with two attached hydrogens (primary N) is 1. The third-order valence-electron chi connectivity index (χ3n) is 5.79. The third-order valence-corrected chi connectivity index (χ3v) is 6.92. The molecule has 2 aromatic carbocycles. The highest BCUT2D eigenvalue weighted by molar-refractivity contribution is 7.19. The molecule has 0 bridgehead atoms. The number of likely N-dealkylation sites (tertiary alicyclic amines) is 1. The molecule has 3 aromatic rings. The molecule has 0 spiro atoms. The van der Waals surface area contributed by atoms with Gasteiger partial charge in [-0.3, -0.25) is 15.6 Å². The Morgan fingerprint density at radius 1 is 1.25 bits per heavy atom. The van der Waals surface area contributed by atoms with Gasteiger partial charge in [-0.05, 0) is 60.7 Å². The van der Waals surface area contributed by atoms with Crippen molar-refractivity contribution in [3.8, 4) is 5.75 Å². The zero-order chi connectivity index (χ0) is 22.8. The van der Waals surface area contributed by atoms with Crippen LogP contribution in [0.4, 0.5) is 0 Å². The topological polar surface area (TPSA) is 123 Å². The van der Waals surface area contributed by atoms with E-state index in [2.05, 4.69) is 0 Å². The first-order chi connectivity index (χ1) is 15.3. The van der Waals surface area contributed by atoms with Gasteiger partial charge in [-0.15, -0.1) is 11.3 Å². The number of hydrogen-bond donors (Lipinski definition) is 4. The van der Waals surface area contributed by atoms with Gasteiger partial charge in [0.1, 0.15) is 17.7 Å². The van der Waals surface area contributed by atoms with Crippen LogP contribution in [0, 0.1) is 10.8 Å². The number of benzene rings is 2. The lowest BCUT2D eigenvalue weighted by Crippen LogP contribution is -2.28. The maximum atomic E-state index is 12.0. The first-order valence-electron chi connectivity index (χ1n) is 10.5. The van der Waals surface area contributed by atoms with E-state index in [4.69, 9.17) is 21.3 Å². The van der Waals surface area contributed by atoms with E-state index in [0.717, 1.165) is 33.5 Å². The van der Waals surface area contributed by atoms with Crippen LogP contribution in [0.15, 0.2) is 48.5 Å². The molecule has 1 saturated heterocycles. The summed E-state index contributed by atoms with van der Waals surface area (Å²) >= 11 is 1.56. The number of hydrogen-bond acceptors (Lipinski definition) is 5. The molecule has 0 amide bonds. The van der Waals surface area contributed by atoms with Crippen molar-refractivity contribution in [3.05, 3.63) is 64.5 Å². The number of nitrogen functional groups attached to an aromatic ring is 1. The van der Waals surface area contributed by atoms with Crippen molar-refractivity contribution < 1.29 is 14.6 Å². The zero-order valence-corrected chi connectivity index (χ0v) is 18.6. The Kier molecular flexibility index (Phi) is 6.14. The maximum absolute atomic E-state index is 12.0. The van der Waals surface area contributed by atoms with E-state index in [-0.39, 0.29) is 11.9 Å². The average molecular weight is 451 g/mol. The SMILES string of the molecule is CC(=N)N1CC[C@H](Oc2ccc(C(Cc3cc4cc(C(=N)N)ccc4s3)C(=O)O)cc2)C1. The van der Waals surface area contributed by atoms with Gasteiger partial charge in [0.05, 0.1) is 18.3 Å². The molecule has 0 aliphatic carbocycles. The number of carboxylic acids is 1. The standard InChI is InChI=1S/C24H26N4O3S/c1-14(25)28-9-8-19(13-28)31-18-5-2-15(3-6-18)21(24(29)30)12-20-11-17-10-16(23(26)27)4-7-22(17)32-20/h2-7,10-11,19,21,25H,8-9,12-13H2,1H3,(H3,26,27)(H,29,30)/t19-,21?/m0/s1. The number of nitrogens with zero attached hydrogens (tertiary/aromatic N) is 1. The van der Waals surface area contributed by atoms with Crippen molar-refractivity contribution in [2.24, 2.45) is 5.73 Å². The Hall–Kier alpha value is -3.39. The molecule has 0 saturated carbocycles. The Morgan fingerprint density at radius 3 is 2.62 bits per heavy atom. The van der Waals surface area contributed by atoms with Crippen molar-refractivity contribution in [2.75, 3.05) is 13.1 Å². The number of ether oxygens (including phenoxy) is 1. The van der Waals surface area contributed by atoms with Crippen LogP contribution in [0.1, 0.15) is 35.3 Å². The van der Waals surface area contributed by atoms with E-state index in [1.807, 2.05) is 53.4 Å². The van der Waals surface area contributed by atoms with Crippen LogP contribution >= 0.6 is 11.3 Å². The van der Waals surface area contributed by atoms with E-state index in [1.165, 1.54) is 0 Å². The molecule has 1 unspecified atom stereocenters. The van der Waals surface area contributed by atoms with Gasteiger partial charge >= 0.3 is 5.97 Å². The molecule has 7 nitrogen and oxygen atoms in total. The van der Waals surface area contributed by atoms with Gasteiger partial charge in [-0.1, -0.05) is 12.1 Å². The number of carbonyl (C=O) groups is 1. The minimum Gasteiger partial charge on any atom is -0.489 e. The number of amidine groups is 2. The summed E-state index contributed by atoms with van der Waals surface area (Å²) in [7, 11) is 0. The molecule has 1 aliphatic heterocycles. The van der Waals surface area contributed by atoms with Gasteiger partial charge in [-0.25, -0.2) is 0 Å². The van der Waals surface area contributed by atoms with Crippen molar-refractivity contribution in [2.45, 2.75) is 31.8 Å². The number of fused-ring (bicyclic) bond motifs is 1. The van der Waals surface area contributed by atoms with Gasteiger partial charge in [-0.2, -0.15) is 0 Å². The predicted molar refractivity (Wildman–Crippen MR) is 127 cm³/mol. The summed E-state index contributed by atoms with van der Waals surface area (Å²) in [6, 6.07) is 14.9. The van der Waals surface area contributed by atoms with Crippen molar-refractivity contribution in [1.82, 2.24) is 4.90 Å². The van der Waals surface area contributed by atoms with Gasteiger partial charge in [0.15, 0.2) is 0 Å². The minimum absolute atomic E-state index is 0.0173. The first kappa shape index (κ1) is 21.8. The van der Waals surface area contributed by atoms with E-state index in [0.29, 0.717) is 30.1 Å². The normalized spacial score (nSPS) is 16.8. The fraction of sp³-hybridized carbons (Fsp3) is 0.292. The van der Waals surface area contributed by atoms with Gasteiger partial charge < -0.3 is 20.5 Å². The average Bonchev–Trinajstić information content (AvgIpc) is 3.38. The Balaban J connectivity index is 1.47. The summed E-state index contributed by atoms with van der Waals surface area (Å²) in [6.45, 7) is 3.30. The Labute approximate surface area is 190 Å². The number of rotatable bonds is 7. The van der Waals surface area contributed by atoms with Crippen LogP contribution in [0.3, 0.4) is 0 Å². The molecule has 2 heterocycles. The molecule has 32 heavy (non-hydrogen) atoms. The molecular formula is C24H26N4O3S. The quantitative estimate of drug-likeness (QED) is 0.319. The number of thiophene rings is 1. The molecule has 1 aliphatic rings. The second-order valence-corrected chi connectivity index (χ2v) is 9.27. The Bertz CT molecular complexity index is 1170. The molecule has 1 aromatic heterocycles. The summed E-state index contributed by atoms with van der Waals surface area (Å²) < 4.78 is 7.07. The maximum Gasteiger partial charge on any atom is 0.311 e. The lowest BCUT2D eigenvalue weighted by atomic mass is 9.95. The highest BCUT2D eigenvalue weighted by atomic mass is 32.1. The summed E-state index contributed by atoms with van der Waals surface area (Å²) in [5.74, 6) is -0.246. The lowest BCUT2D eigenvalue weighted by molar-refractivity contribution is -0.138. The second kappa shape index (κ2) is 9.00. The molecule has 2 atom stereocenters. The van der Waals surface area contributed by atoms with Crippen LogP contribution in [-0.2, 0) is 11.2 Å². The summed E-state index contributed by atoms with van der Waals surface area (Å²) in [6.07, 6.45) is 1.29. The van der Waals surface area contributed by atoms with Crippen LogP contribution in [0.2, 0.25) is 0 Å². The molecular weight excluding hydrogens is 424 g/mol. The molecule has 8 heteroatoms. The highest BCUT2D eigenvalue weighted by Gasteiger charge is 2.25. The molecule has 0 radical (unpaired) electrons. The monoisotopic (exact) mass is 450 g/mol. The van der Waals surface area contributed by atoms with Crippen molar-refractivity contribution >= 4 is 39.1 Å². The zero-order valence-electron chi connectivity index (χ0n) is 17.8. The number of nitrogens with one attached hydrogen (secondary N) is 2. The molecule has 1 fully saturated rings. The molecule has 5 N–H and O–H groups in total. The Morgan fingerprint density at radius 2 is 2.00 bits per heavy atom. The largest absolute Gasteiger partial charge is 0.489 e. The highest BCUT2D eigenvalue weighted by Crippen LogP contribution is 2.32. The van der Waals surface area contributed by atoms with Crippen LogP contribution in [0.25, 0.3) is 10.1 Å². The van der Waals surface area contributed by atoms with Gasteiger partial charge in [0.2, 0.25) is 0 Å². The third kappa shape index (κ3) is 4.75. The van der Waals surface area contributed by atoms with Crippen molar-refractivity contribution in [1.29, 1.82) is 10.8 Å². The summed E-state index contributed by atoms with van der Waals surface area (Å²) in [5, 5.41) is 26.2. The van der Waals surface area contributed by atoms with Gasteiger partial charge in [0, 0.05) is 28.1 Å². The van der Waals surface area contributed by atoms with E-state index in [1.54, 1.807) is 18.3 Å². The molecule has 4 rings (SSSR count). The van der Waals surface area contributed by atoms with Crippen molar-refractivity contribution in [3.63, 3.8) is 0 Å². The van der Waals surface area contributed by atoms with Crippen LogP contribution < -0.4 is 10.5 Å². The predicted octanol–water partition coefficient (Wildman–Crippen LogP) is 4.05. The molecule has 166 valence electrons. The fourth-order valence-electron chi connectivity index (χ4n) is 4.02. The second-order valence-electron chi connectivity index (χ2n) is 8.10. The summed E-state index contributed by atoms with van der Waals surface area (Å²) in [5.41, 5.74) is 6.97. The van der Waals surface area contributed by atoms with Crippen LogP contribution in [0.5, 0.6) is 5.75 Å². The van der Waals surface area contributed by atoms with E-state index >= 15 is 0 Å². The summed E-state index contributed by atoms with van der Waals surface area (Å²) in [4.78, 5) is 15.0. The van der Waals surface area contributed by atoms with E-state index in [9.17, 15) is 9.90 Å². The smallest absolute Gasteiger partial charge is 0.311 e. The number of aliphatic carboxylic acids is 1. The lowest BCUT2D eigenvalue weighted by Gasteiger charge is -2.18. The van der Waals surface area contributed by atoms with E-state index < -0.39 is 11.9 Å². The number of carboxylic acid groups (broad SMARTS) is 1. The first-order valence-corrected chi connectivity index (χ1v) is 11.3. The minimum atomic E-state index is -0.867. The van der Waals surface area contributed by atoms with Crippen LogP contribution in [-0.4, -0.2) is 46.8 Å². The fourth-order valence-corrected chi connectivity index (χ4v) is 5.11.